The SMILES string of the molecule is Cc1cc(C)n(CCNC(=O)Cc2csc(-c3ccccn3)n2)n1. The molecular formula is C17H19N5OS. The van der Waals surface area contributed by atoms with Crippen LogP contribution in [0.5, 0.6) is 0 Å². The second kappa shape index (κ2) is 7.35. The van der Waals surface area contributed by atoms with Gasteiger partial charge >= 0.3 is 0 Å². The topological polar surface area (TPSA) is 72.7 Å². The van der Waals surface area contributed by atoms with E-state index < -0.39 is 0 Å². The summed E-state index contributed by atoms with van der Waals surface area (Å²) >= 11 is 1.50. The fourth-order valence-electron chi connectivity index (χ4n) is 2.42. The second-order valence-corrected chi connectivity index (χ2v) is 6.39. The number of aryl methyl sites for hydroxylation is 2. The molecule has 3 aromatic heterocycles. The van der Waals surface area contributed by atoms with Gasteiger partial charge in [-0.15, -0.1) is 11.3 Å². The van der Waals surface area contributed by atoms with Gasteiger partial charge in [0.15, 0.2) is 0 Å². The molecule has 0 saturated heterocycles. The van der Waals surface area contributed by atoms with E-state index in [0.29, 0.717) is 13.1 Å². The third-order valence-corrected chi connectivity index (χ3v) is 4.44. The average Bonchev–Trinajstić information content (AvgIpc) is 3.15. The zero-order valence-corrected chi connectivity index (χ0v) is 14.5. The lowest BCUT2D eigenvalue weighted by atomic mass is 10.3. The van der Waals surface area contributed by atoms with Crippen molar-refractivity contribution in [2.45, 2.75) is 26.8 Å². The molecule has 0 fully saturated rings. The van der Waals surface area contributed by atoms with Crippen molar-refractivity contribution in [1.29, 1.82) is 0 Å². The Hall–Kier alpha value is -2.54. The van der Waals surface area contributed by atoms with Crippen LogP contribution in [0.15, 0.2) is 35.8 Å². The van der Waals surface area contributed by atoms with Crippen molar-refractivity contribution in [2.75, 3.05) is 6.54 Å². The van der Waals surface area contributed by atoms with Crippen molar-refractivity contribution in [3.05, 3.63) is 52.9 Å². The van der Waals surface area contributed by atoms with E-state index in [1.165, 1.54) is 11.3 Å². The molecule has 0 aliphatic rings. The monoisotopic (exact) mass is 341 g/mol. The summed E-state index contributed by atoms with van der Waals surface area (Å²) in [5, 5.41) is 10.0. The van der Waals surface area contributed by atoms with Crippen LogP contribution in [0.4, 0.5) is 0 Å². The van der Waals surface area contributed by atoms with Crippen LogP contribution in [0.2, 0.25) is 0 Å². The molecule has 6 nitrogen and oxygen atoms in total. The Morgan fingerprint density at radius 1 is 1.33 bits per heavy atom. The number of pyridine rings is 1. The van der Waals surface area contributed by atoms with Gasteiger partial charge in [0.1, 0.15) is 5.01 Å². The lowest BCUT2D eigenvalue weighted by molar-refractivity contribution is -0.120. The predicted molar refractivity (Wildman–Crippen MR) is 93.8 cm³/mol. The highest BCUT2D eigenvalue weighted by Gasteiger charge is 2.09. The molecule has 3 rings (SSSR count). The highest BCUT2D eigenvalue weighted by Crippen LogP contribution is 2.21. The van der Waals surface area contributed by atoms with E-state index in [1.807, 2.05) is 48.2 Å². The molecule has 0 radical (unpaired) electrons. The summed E-state index contributed by atoms with van der Waals surface area (Å²) < 4.78 is 1.90. The summed E-state index contributed by atoms with van der Waals surface area (Å²) in [6.07, 6.45) is 2.02. The Bertz CT molecular complexity index is 825. The van der Waals surface area contributed by atoms with Gasteiger partial charge in [-0.2, -0.15) is 5.10 Å². The summed E-state index contributed by atoms with van der Waals surface area (Å²) in [6.45, 7) is 5.19. The third kappa shape index (κ3) is 4.05. The van der Waals surface area contributed by atoms with Gasteiger partial charge in [0, 0.05) is 23.8 Å². The highest BCUT2D eigenvalue weighted by molar-refractivity contribution is 7.13. The molecule has 0 spiro atoms. The van der Waals surface area contributed by atoms with E-state index in [0.717, 1.165) is 27.8 Å². The number of nitrogens with one attached hydrogen (secondary N) is 1. The molecule has 3 heterocycles. The molecule has 0 aliphatic heterocycles. The van der Waals surface area contributed by atoms with Crippen molar-refractivity contribution in [1.82, 2.24) is 25.1 Å². The average molecular weight is 341 g/mol. The summed E-state index contributed by atoms with van der Waals surface area (Å²) in [6, 6.07) is 7.73. The number of hydrogen-bond acceptors (Lipinski definition) is 5. The minimum atomic E-state index is -0.0330. The molecule has 0 aliphatic carbocycles. The highest BCUT2D eigenvalue weighted by atomic mass is 32.1. The van der Waals surface area contributed by atoms with Crippen LogP contribution in [0.1, 0.15) is 17.1 Å². The maximum Gasteiger partial charge on any atom is 0.226 e. The molecule has 24 heavy (non-hydrogen) atoms. The van der Waals surface area contributed by atoms with E-state index >= 15 is 0 Å². The molecule has 0 atom stereocenters. The molecular weight excluding hydrogens is 322 g/mol. The van der Waals surface area contributed by atoms with E-state index in [1.54, 1.807) is 6.20 Å². The molecule has 1 N–H and O–H groups in total. The molecule has 0 aromatic carbocycles. The van der Waals surface area contributed by atoms with Gasteiger partial charge in [-0.25, -0.2) is 4.98 Å². The molecule has 3 aromatic rings. The van der Waals surface area contributed by atoms with Gasteiger partial charge in [0.25, 0.3) is 0 Å². The maximum atomic E-state index is 12.0. The van der Waals surface area contributed by atoms with Crippen LogP contribution >= 0.6 is 11.3 Å². The molecule has 0 unspecified atom stereocenters. The van der Waals surface area contributed by atoms with E-state index in [4.69, 9.17) is 0 Å². The Morgan fingerprint density at radius 2 is 2.21 bits per heavy atom. The Labute approximate surface area is 144 Å². The minimum Gasteiger partial charge on any atom is -0.354 e. The summed E-state index contributed by atoms with van der Waals surface area (Å²) in [5.74, 6) is -0.0330. The van der Waals surface area contributed by atoms with Crippen molar-refractivity contribution in [3.8, 4) is 10.7 Å². The van der Waals surface area contributed by atoms with Crippen molar-refractivity contribution in [3.63, 3.8) is 0 Å². The number of thiazole rings is 1. The Kier molecular flexibility index (Phi) is 5.00. The third-order valence-electron chi connectivity index (χ3n) is 3.53. The van der Waals surface area contributed by atoms with Gasteiger partial charge in [-0.3, -0.25) is 14.5 Å². The summed E-state index contributed by atoms with van der Waals surface area (Å²) in [5.41, 5.74) is 3.69. The van der Waals surface area contributed by atoms with Crippen LogP contribution in [0.25, 0.3) is 10.7 Å². The van der Waals surface area contributed by atoms with Crippen molar-refractivity contribution >= 4 is 17.2 Å². The lowest BCUT2D eigenvalue weighted by Gasteiger charge is -2.06. The van der Waals surface area contributed by atoms with Crippen molar-refractivity contribution in [2.24, 2.45) is 0 Å². The largest absolute Gasteiger partial charge is 0.354 e. The smallest absolute Gasteiger partial charge is 0.226 e. The van der Waals surface area contributed by atoms with Crippen molar-refractivity contribution < 1.29 is 4.79 Å². The number of hydrogen-bond donors (Lipinski definition) is 1. The molecule has 0 bridgehead atoms. The first-order chi connectivity index (χ1) is 11.6. The number of nitrogens with zero attached hydrogens (tertiary/aromatic N) is 4. The first kappa shape index (κ1) is 16.3. The van der Waals surface area contributed by atoms with Crippen LogP contribution < -0.4 is 5.32 Å². The number of carbonyl (C=O) groups is 1. The predicted octanol–water partition coefficient (Wildman–Crippen LogP) is 2.38. The second-order valence-electron chi connectivity index (χ2n) is 5.54. The van der Waals surface area contributed by atoms with Gasteiger partial charge in [-0.1, -0.05) is 6.07 Å². The Balaban J connectivity index is 1.50. The number of rotatable bonds is 6. The zero-order chi connectivity index (χ0) is 16.9. The normalized spacial score (nSPS) is 10.8. The van der Waals surface area contributed by atoms with Gasteiger partial charge in [0.2, 0.25) is 5.91 Å². The van der Waals surface area contributed by atoms with Crippen LogP contribution in [-0.4, -0.2) is 32.2 Å². The zero-order valence-electron chi connectivity index (χ0n) is 13.7. The van der Waals surface area contributed by atoms with Crippen LogP contribution in [-0.2, 0) is 17.8 Å². The fraction of sp³-hybridized carbons (Fsp3) is 0.294. The number of aromatic nitrogens is 4. The molecule has 124 valence electrons. The molecule has 1 amide bonds. The van der Waals surface area contributed by atoms with E-state index in [9.17, 15) is 4.79 Å². The van der Waals surface area contributed by atoms with E-state index in [-0.39, 0.29) is 12.3 Å². The number of amides is 1. The Morgan fingerprint density at radius 3 is 2.92 bits per heavy atom. The first-order valence-corrected chi connectivity index (χ1v) is 8.63. The number of carbonyl (C=O) groups excluding carboxylic acids is 1. The summed E-state index contributed by atoms with van der Waals surface area (Å²) in [7, 11) is 0. The van der Waals surface area contributed by atoms with Crippen LogP contribution in [0.3, 0.4) is 0 Å². The van der Waals surface area contributed by atoms with Gasteiger partial charge in [-0.05, 0) is 32.0 Å². The van der Waals surface area contributed by atoms with Crippen LogP contribution in [0, 0.1) is 13.8 Å². The van der Waals surface area contributed by atoms with Gasteiger partial charge in [0.05, 0.1) is 30.0 Å². The summed E-state index contributed by atoms with van der Waals surface area (Å²) in [4.78, 5) is 20.8. The fourth-order valence-corrected chi connectivity index (χ4v) is 3.22. The molecule has 0 saturated carbocycles. The first-order valence-electron chi connectivity index (χ1n) is 7.75. The standard InChI is InChI=1S/C17H19N5OS/c1-12-9-13(2)22(21-12)8-7-19-16(23)10-14-11-24-17(20-14)15-5-3-4-6-18-15/h3-6,9,11H,7-8,10H2,1-2H3,(H,19,23). The lowest BCUT2D eigenvalue weighted by Crippen LogP contribution is -2.29. The minimum absolute atomic E-state index is 0.0330. The van der Waals surface area contributed by atoms with E-state index in [2.05, 4.69) is 20.4 Å². The molecule has 7 heteroatoms. The quantitative estimate of drug-likeness (QED) is 0.747. The van der Waals surface area contributed by atoms with Gasteiger partial charge < -0.3 is 5.32 Å². The maximum absolute atomic E-state index is 12.0.